The molecule has 0 unspecified atom stereocenters. The minimum Gasteiger partial charge on any atom is -0.381 e. The van der Waals surface area contributed by atoms with Crippen LogP contribution >= 0.6 is 0 Å². The number of rotatable bonds is 6. The van der Waals surface area contributed by atoms with Crippen molar-refractivity contribution in [3.05, 3.63) is 107 Å². The second kappa shape index (κ2) is 11.6. The van der Waals surface area contributed by atoms with E-state index in [4.69, 9.17) is 4.74 Å². The molecule has 0 spiro atoms. The molecule has 4 aromatic rings. The zero-order chi connectivity index (χ0) is 26.6. The van der Waals surface area contributed by atoms with E-state index in [0.29, 0.717) is 6.04 Å². The van der Waals surface area contributed by atoms with Crippen LogP contribution < -0.4 is 5.32 Å². The van der Waals surface area contributed by atoms with Crippen molar-refractivity contribution in [3.8, 4) is 11.1 Å². The second-order valence-corrected chi connectivity index (χ2v) is 10.9. The third kappa shape index (κ3) is 5.98. The highest BCUT2D eigenvalue weighted by Gasteiger charge is 2.19. The van der Waals surface area contributed by atoms with Crippen molar-refractivity contribution in [2.45, 2.75) is 44.7 Å². The molecule has 4 heteroatoms. The number of benzene rings is 4. The van der Waals surface area contributed by atoms with Gasteiger partial charge < -0.3 is 10.1 Å². The smallest absolute Gasteiger partial charge is 0.251 e. The SMILES string of the molecule is CN(Cc1ccc(NC(=O)C2=Cc3cc(-c4ccc5ccccc5c4)ccc3CCC2)cc1)C1CCOCC1. The number of amides is 1. The summed E-state index contributed by atoms with van der Waals surface area (Å²) in [5, 5.41) is 5.63. The maximum Gasteiger partial charge on any atom is 0.251 e. The second-order valence-electron chi connectivity index (χ2n) is 10.9. The Balaban J connectivity index is 1.16. The predicted octanol–water partition coefficient (Wildman–Crippen LogP) is 7.48. The molecule has 198 valence electrons. The van der Waals surface area contributed by atoms with Gasteiger partial charge in [0.1, 0.15) is 0 Å². The average Bonchev–Trinajstić information content (AvgIpc) is 3.20. The summed E-state index contributed by atoms with van der Waals surface area (Å²) in [5.41, 5.74) is 7.77. The van der Waals surface area contributed by atoms with Gasteiger partial charge in [-0.3, -0.25) is 9.69 Å². The van der Waals surface area contributed by atoms with Crippen molar-refractivity contribution in [2.24, 2.45) is 0 Å². The molecule has 2 aliphatic rings. The molecule has 1 saturated heterocycles. The van der Waals surface area contributed by atoms with Crippen molar-refractivity contribution in [2.75, 3.05) is 25.6 Å². The lowest BCUT2D eigenvalue weighted by Gasteiger charge is -2.31. The number of carbonyl (C=O) groups excluding carboxylic acids is 1. The fourth-order valence-corrected chi connectivity index (χ4v) is 5.86. The van der Waals surface area contributed by atoms with E-state index in [9.17, 15) is 4.79 Å². The Bertz CT molecular complexity index is 1500. The molecule has 1 aliphatic carbocycles. The van der Waals surface area contributed by atoms with Crippen LogP contribution in [-0.2, 0) is 22.5 Å². The first-order valence-corrected chi connectivity index (χ1v) is 14.1. The Hall–Kier alpha value is -3.73. The van der Waals surface area contributed by atoms with Crippen molar-refractivity contribution in [1.29, 1.82) is 0 Å². The minimum absolute atomic E-state index is 0.00830. The van der Waals surface area contributed by atoms with Crippen molar-refractivity contribution in [3.63, 3.8) is 0 Å². The highest BCUT2D eigenvalue weighted by molar-refractivity contribution is 6.07. The Morgan fingerprint density at radius 3 is 2.44 bits per heavy atom. The van der Waals surface area contributed by atoms with E-state index in [0.717, 1.165) is 68.7 Å². The van der Waals surface area contributed by atoms with Crippen molar-refractivity contribution < 1.29 is 9.53 Å². The van der Waals surface area contributed by atoms with E-state index >= 15 is 0 Å². The molecule has 0 aromatic heterocycles. The quantitative estimate of drug-likeness (QED) is 0.289. The molecular weight excluding hydrogens is 480 g/mol. The van der Waals surface area contributed by atoms with Gasteiger partial charge in [-0.15, -0.1) is 0 Å². The molecule has 1 N–H and O–H groups in total. The lowest BCUT2D eigenvalue weighted by atomic mass is 9.96. The van der Waals surface area contributed by atoms with Gasteiger partial charge in [-0.2, -0.15) is 0 Å². The van der Waals surface area contributed by atoms with Gasteiger partial charge in [0.15, 0.2) is 0 Å². The Labute approximate surface area is 231 Å². The molecule has 0 radical (unpaired) electrons. The zero-order valence-electron chi connectivity index (χ0n) is 22.7. The predicted molar refractivity (Wildman–Crippen MR) is 161 cm³/mol. The maximum absolute atomic E-state index is 13.3. The molecule has 1 amide bonds. The van der Waals surface area contributed by atoms with Crippen LogP contribution in [0.2, 0.25) is 0 Å². The third-order valence-electron chi connectivity index (χ3n) is 8.20. The van der Waals surface area contributed by atoms with Crippen LogP contribution in [-0.4, -0.2) is 37.1 Å². The van der Waals surface area contributed by atoms with Gasteiger partial charge in [0, 0.05) is 37.1 Å². The summed E-state index contributed by atoms with van der Waals surface area (Å²) < 4.78 is 5.50. The highest BCUT2D eigenvalue weighted by atomic mass is 16.5. The Kier molecular flexibility index (Phi) is 7.57. The van der Waals surface area contributed by atoms with Crippen LogP contribution in [0.5, 0.6) is 0 Å². The number of anilines is 1. The molecule has 6 rings (SSSR count). The minimum atomic E-state index is -0.00830. The molecule has 0 saturated carbocycles. The summed E-state index contributed by atoms with van der Waals surface area (Å²) in [6, 6.07) is 30.6. The summed E-state index contributed by atoms with van der Waals surface area (Å²) >= 11 is 0. The zero-order valence-corrected chi connectivity index (χ0v) is 22.7. The van der Waals surface area contributed by atoms with Gasteiger partial charge >= 0.3 is 0 Å². The number of ether oxygens (including phenoxy) is 1. The molecule has 1 fully saturated rings. The van der Waals surface area contributed by atoms with Gasteiger partial charge in [0.05, 0.1) is 0 Å². The maximum atomic E-state index is 13.3. The summed E-state index contributed by atoms with van der Waals surface area (Å²) in [6.07, 6.45) is 7.01. The van der Waals surface area contributed by atoms with E-state index in [1.54, 1.807) is 0 Å². The topological polar surface area (TPSA) is 41.6 Å². The van der Waals surface area contributed by atoms with Gasteiger partial charge in [-0.1, -0.05) is 60.7 Å². The first-order valence-electron chi connectivity index (χ1n) is 14.1. The number of nitrogens with one attached hydrogen (secondary N) is 1. The molecular formula is C35H36N2O2. The van der Waals surface area contributed by atoms with Crippen molar-refractivity contribution in [1.82, 2.24) is 4.90 Å². The first-order chi connectivity index (χ1) is 19.1. The van der Waals surface area contributed by atoms with Crippen molar-refractivity contribution >= 4 is 28.4 Å². The Morgan fingerprint density at radius 2 is 1.62 bits per heavy atom. The van der Waals surface area contributed by atoms with Gasteiger partial charge in [-0.25, -0.2) is 0 Å². The average molecular weight is 517 g/mol. The summed E-state index contributed by atoms with van der Waals surface area (Å²) in [4.78, 5) is 15.7. The molecule has 4 nitrogen and oxygen atoms in total. The van der Waals surface area contributed by atoms with E-state index in [1.165, 1.54) is 33.0 Å². The van der Waals surface area contributed by atoms with Gasteiger partial charge in [0.2, 0.25) is 0 Å². The van der Waals surface area contributed by atoms with Gasteiger partial charge in [-0.05, 0) is 108 Å². The number of carbonyl (C=O) groups is 1. The highest BCUT2D eigenvalue weighted by Crippen LogP contribution is 2.30. The molecule has 1 aliphatic heterocycles. The number of hydrogen-bond donors (Lipinski definition) is 1. The fraction of sp³-hybridized carbons (Fsp3) is 0.286. The lowest BCUT2D eigenvalue weighted by Crippen LogP contribution is -2.36. The fourth-order valence-electron chi connectivity index (χ4n) is 5.86. The number of aryl methyl sites for hydroxylation is 1. The van der Waals surface area contributed by atoms with E-state index in [1.807, 2.05) is 12.1 Å². The van der Waals surface area contributed by atoms with E-state index in [-0.39, 0.29) is 5.91 Å². The summed E-state index contributed by atoms with van der Waals surface area (Å²) in [5.74, 6) is -0.00830. The summed E-state index contributed by atoms with van der Waals surface area (Å²) in [7, 11) is 2.19. The van der Waals surface area contributed by atoms with Gasteiger partial charge in [0.25, 0.3) is 5.91 Å². The molecule has 0 atom stereocenters. The first kappa shape index (κ1) is 25.5. The van der Waals surface area contributed by atoms with Crippen LogP contribution in [0.1, 0.15) is 42.4 Å². The molecule has 1 heterocycles. The molecule has 39 heavy (non-hydrogen) atoms. The Morgan fingerprint density at radius 1 is 0.872 bits per heavy atom. The number of fused-ring (bicyclic) bond motifs is 2. The van der Waals surface area contributed by atoms with Crippen LogP contribution in [0.25, 0.3) is 28.0 Å². The molecule has 0 bridgehead atoms. The van der Waals surface area contributed by atoms with E-state index < -0.39 is 0 Å². The third-order valence-corrected chi connectivity index (χ3v) is 8.20. The van der Waals surface area contributed by atoms with Crippen LogP contribution in [0.4, 0.5) is 5.69 Å². The molecule has 4 aromatic carbocycles. The lowest BCUT2D eigenvalue weighted by molar-refractivity contribution is -0.112. The standard InChI is InChI=1S/C35H36N2O2/c1-37(34-17-19-39-20-18-34)24-25-9-15-33(16-10-25)36-35(38)31-8-4-7-27-12-14-30(22-32(27)23-31)29-13-11-26-5-2-3-6-28(26)21-29/h2-3,5-6,9-16,21-23,34H,4,7-8,17-20,24H2,1H3,(H,36,38). The number of nitrogens with zero attached hydrogens (tertiary/aromatic N) is 1. The van der Waals surface area contributed by atoms with Crippen LogP contribution in [0.15, 0.2) is 90.5 Å². The monoisotopic (exact) mass is 516 g/mol. The largest absolute Gasteiger partial charge is 0.381 e. The van der Waals surface area contributed by atoms with E-state index in [2.05, 4.69) is 96.1 Å². The normalized spacial score (nSPS) is 16.0. The van der Waals surface area contributed by atoms with Crippen LogP contribution in [0.3, 0.4) is 0 Å². The van der Waals surface area contributed by atoms with Crippen LogP contribution in [0, 0.1) is 0 Å². The summed E-state index contributed by atoms with van der Waals surface area (Å²) in [6.45, 7) is 2.61. The number of hydrogen-bond acceptors (Lipinski definition) is 3.